The molecule has 1 radical (unpaired) electrons. The van der Waals surface area contributed by atoms with Gasteiger partial charge >= 0.3 is 0 Å². The van der Waals surface area contributed by atoms with E-state index in [-0.39, 0.29) is 5.91 Å². The minimum atomic E-state index is -0.0499. The molecule has 1 amide bonds. The zero-order valence-corrected chi connectivity index (χ0v) is 6.49. The SMILES string of the molecule is [CH2]c1cc(C(=O)NC)cs1. The Morgan fingerprint density at radius 3 is 2.90 bits per heavy atom. The van der Waals surface area contributed by atoms with E-state index in [1.54, 1.807) is 18.5 Å². The normalized spacial score (nSPS) is 9.40. The first-order valence-electron chi connectivity index (χ1n) is 2.86. The van der Waals surface area contributed by atoms with Crippen LogP contribution < -0.4 is 5.32 Å². The van der Waals surface area contributed by atoms with Crippen LogP contribution in [0.2, 0.25) is 0 Å². The van der Waals surface area contributed by atoms with Gasteiger partial charge in [0.15, 0.2) is 0 Å². The Balaban J connectivity index is 2.85. The van der Waals surface area contributed by atoms with E-state index in [4.69, 9.17) is 0 Å². The molecule has 1 rings (SSSR count). The van der Waals surface area contributed by atoms with Crippen LogP contribution in [0.1, 0.15) is 15.2 Å². The van der Waals surface area contributed by atoms with Crippen LogP contribution in [0, 0.1) is 6.92 Å². The maximum absolute atomic E-state index is 10.9. The zero-order valence-electron chi connectivity index (χ0n) is 5.68. The van der Waals surface area contributed by atoms with Crippen molar-refractivity contribution in [1.82, 2.24) is 5.32 Å². The number of rotatable bonds is 1. The fourth-order valence-corrected chi connectivity index (χ4v) is 1.29. The van der Waals surface area contributed by atoms with Gasteiger partial charge < -0.3 is 5.32 Å². The maximum Gasteiger partial charge on any atom is 0.251 e. The first-order chi connectivity index (χ1) is 4.74. The number of nitrogens with one attached hydrogen (secondary N) is 1. The Labute approximate surface area is 63.9 Å². The first kappa shape index (κ1) is 7.28. The van der Waals surface area contributed by atoms with Crippen molar-refractivity contribution in [1.29, 1.82) is 0 Å². The lowest BCUT2D eigenvalue weighted by Gasteiger charge is -1.91. The largest absolute Gasteiger partial charge is 0.355 e. The molecule has 0 bridgehead atoms. The van der Waals surface area contributed by atoms with Gasteiger partial charge in [-0.25, -0.2) is 0 Å². The summed E-state index contributed by atoms with van der Waals surface area (Å²) in [7, 11) is 1.61. The van der Waals surface area contributed by atoms with Gasteiger partial charge in [0.05, 0.1) is 5.56 Å². The Morgan fingerprint density at radius 1 is 1.80 bits per heavy atom. The lowest BCUT2D eigenvalue weighted by Crippen LogP contribution is -2.16. The Bertz CT molecular complexity index is 242. The van der Waals surface area contributed by atoms with Crippen LogP contribution in [0.3, 0.4) is 0 Å². The quantitative estimate of drug-likeness (QED) is 0.648. The highest BCUT2D eigenvalue weighted by Gasteiger charge is 2.02. The van der Waals surface area contributed by atoms with Crippen LogP contribution in [0.25, 0.3) is 0 Å². The van der Waals surface area contributed by atoms with Gasteiger partial charge in [0.1, 0.15) is 0 Å². The standard InChI is InChI=1S/C7H8NOS/c1-5-3-6(4-10-5)7(9)8-2/h3-4H,1H2,2H3,(H,8,9). The van der Waals surface area contributed by atoms with Crippen molar-refractivity contribution < 1.29 is 4.79 Å². The molecule has 0 aromatic carbocycles. The van der Waals surface area contributed by atoms with Crippen molar-refractivity contribution in [3.63, 3.8) is 0 Å². The number of hydrogen-bond acceptors (Lipinski definition) is 2. The fraction of sp³-hybridized carbons (Fsp3) is 0.143. The molecular weight excluding hydrogens is 146 g/mol. The van der Waals surface area contributed by atoms with Gasteiger partial charge in [-0.3, -0.25) is 4.79 Å². The van der Waals surface area contributed by atoms with Crippen molar-refractivity contribution in [2.75, 3.05) is 7.05 Å². The summed E-state index contributed by atoms with van der Waals surface area (Å²) in [5.41, 5.74) is 0.692. The summed E-state index contributed by atoms with van der Waals surface area (Å²) in [5.74, 6) is -0.0499. The lowest BCUT2D eigenvalue weighted by atomic mass is 10.3. The van der Waals surface area contributed by atoms with E-state index in [2.05, 4.69) is 12.2 Å². The molecule has 0 fully saturated rings. The van der Waals surface area contributed by atoms with Gasteiger partial charge in [0.2, 0.25) is 0 Å². The van der Waals surface area contributed by atoms with Crippen LogP contribution in [0.5, 0.6) is 0 Å². The van der Waals surface area contributed by atoms with Crippen LogP contribution in [0.4, 0.5) is 0 Å². The average Bonchev–Trinajstić information content (AvgIpc) is 2.34. The summed E-state index contributed by atoms with van der Waals surface area (Å²) in [6.45, 7) is 3.70. The first-order valence-corrected chi connectivity index (χ1v) is 3.74. The molecule has 0 spiro atoms. The second-order valence-corrected chi connectivity index (χ2v) is 2.88. The molecule has 1 heterocycles. The van der Waals surface area contributed by atoms with Gasteiger partial charge in [0, 0.05) is 17.3 Å². The van der Waals surface area contributed by atoms with E-state index >= 15 is 0 Å². The highest BCUT2D eigenvalue weighted by Crippen LogP contribution is 2.12. The third-order valence-electron chi connectivity index (χ3n) is 1.14. The molecular formula is C7H8NOS. The second kappa shape index (κ2) is 2.84. The molecule has 0 saturated carbocycles. The monoisotopic (exact) mass is 154 g/mol. The third-order valence-corrected chi connectivity index (χ3v) is 1.94. The number of carbonyl (C=O) groups is 1. The second-order valence-electron chi connectivity index (χ2n) is 1.88. The van der Waals surface area contributed by atoms with Crippen molar-refractivity contribution in [3.05, 3.63) is 28.8 Å². The molecule has 0 aliphatic heterocycles. The Hall–Kier alpha value is -0.830. The summed E-state index contributed by atoms with van der Waals surface area (Å²) in [6.07, 6.45) is 0. The molecule has 0 unspecified atom stereocenters. The topological polar surface area (TPSA) is 29.1 Å². The molecule has 0 aliphatic carbocycles. The average molecular weight is 154 g/mol. The van der Waals surface area contributed by atoms with Gasteiger partial charge in [-0.1, -0.05) is 0 Å². The molecule has 0 aliphatic rings. The van der Waals surface area contributed by atoms with Crippen LogP contribution in [0.15, 0.2) is 11.4 Å². The molecule has 10 heavy (non-hydrogen) atoms. The fourth-order valence-electron chi connectivity index (χ4n) is 0.644. The number of hydrogen-bond donors (Lipinski definition) is 1. The highest BCUT2D eigenvalue weighted by atomic mass is 32.1. The number of amides is 1. The summed E-state index contributed by atoms with van der Waals surface area (Å²) >= 11 is 1.48. The van der Waals surface area contributed by atoms with Crippen molar-refractivity contribution in [2.45, 2.75) is 0 Å². The highest BCUT2D eigenvalue weighted by molar-refractivity contribution is 7.10. The van der Waals surface area contributed by atoms with E-state index in [1.807, 2.05) is 0 Å². The van der Waals surface area contributed by atoms with E-state index < -0.39 is 0 Å². The summed E-state index contributed by atoms with van der Waals surface area (Å²) < 4.78 is 0. The third kappa shape index (κ3) is 1.36. The Morgan fingerprint density at radius 2 is 2.50 bits per heavy atom. The van der Waals surface area contributed by atoms with Gasteiger partial charge in [-0.05, 0) is 13.0 Å². The van der Waals surface area contributed by atoms with E-state index in [1.165, 1.54) is 11.3 Å². The molecule has 1 N–H and O–H groups in total. The minimum Gasteiger partial charge on any atom is -0.355 e. The number of thiophene rings is 1. The summed E-state index contributed by atoms with van der Waals surface area (Å²) in [6, 6.07) is 1.77. The predicted molar refractivity (Wildman–Crippen MR) is 42.2 cm³/mol. The van der Waals surface area contributed by atoms with Gasteiger partial charge in [-0.15, -0.1) is 11.3 Å². The zero-order chi connectivity index (χ0) is 7.56. The molecule has 1 aromatic heterocycles. The summed E-state index contributed by atoms with van der Waals surface area (Å²) in [5, 5.41) is 4.33. The van der Waals surface area contributed by atoms with Crippen molar-refractivity contribution >= 4 is 17.2 Å². The maximum atomic E-state index is 10.9. The van der Waals surface area contributed by atoms with Crippen LogP contribution in [-0.2, 0) is 0 Å². The minimum absolute atomic E-state index is 0.0499. The van der Waals surface area contributed by atoms with Gasteiger partial charge in [0.25, 0.3) is 5.91 Å². The van der Waals surface area contributed by atoms with Crippen molar-refractivity contribution in [3.8, 4) is 0 Å². The molecule has 1 aromatic rings. The summed E-state index contributed by atoms with van der Waals surface area (Å²) in [4.78, 5) is 11.8. The van der Waals surface area contributed by atoms with E-state index in [0.717, 1.165) is 4.88 Å². The molecule has 3 heteroatoms. The van der Waals surface area contributed by atoms with Gasteiger partial charge in [-0.2, -0.15) is 0 Å². The predicted octanol–water partition coefficient (Wildman–Crippen LogP) is 1.29. The van der Waals surface area contributed by atoms with Crippen LogP contribution in [-0.4, -0.2) is 13.0 Å². The smallest absolute Gasteiger partial charge is 0.251 e. The van der Waals surface area contributed by atoms with Crippen molar-refractivity contribution in [2.24, 2.45) is 0 Å². The lowest BCUT2D eigenvalue weighted by molar-refractivity contribution is 0.0963. The molecule has 53 valence electrons. The number of carbonyl (C=O) groups excluding carboxylic acids is 1. The molecule has 2 nitrogen and oxygen atoms in total. The van der Waals surface area contributed by atoms with Crippen LogP contribution >= 0.6 is 11.3 Å². The Kier molecular flexibility index (Phi) is 2.06. The van der Waals surface area contributed by atoms with E-state index in [9.17, 15) is 4.79 Å². The van der Waals surface area contributed by atoms with E-state index in [0.29, 0.717) is 5.56 Å². The molecule has 0 saturated heterocycles. The molecule has 0 atom stereocenters.